The molecular weight excluding hydrogens is 564 g/mol. The summed E-state index contributed by atoms with van der Waals surface area (Å²) < 4.78 is 20.1. The van der Waals surface area contributed by atoms with Crippen molar-refractivity contribution in [3.05, 3.63) is 114 Å². The Balaban J connectivity index is 1.32. The minimum atomic E-state index is -0.560. The van der Waals surface area contributed by atoms with Crippen LogP contribution in [0.1, 0.15) is 41.6 Å². The molecule has 1 aromatic heterocycles. The number of aryl methyl sites for hydroxylation is 1. The molecule has 9 nitrogen and oxygen atoms in total. The van der Waals surface area contributed by atoms with E-state index in [-0.39, 0.29) is 31.3 Å². The number of aliphatic hydroxyl groups excluding tert-OH is 1. The highest BCUT2D eigenvalue weighted by molar-refractivity contribution is 7.99. The highest BCUT2D eigenvalue weighted by atomic mass is 32.2. The monoisotopic (exact) mass is 600 g/mol. The summed E-state index contributed by atoms with van der Waals surface area (Å²) in [6.45, 7) is 6.22. The molecule has 3 aromatic carbocycles. The van der Waals surface area contributed by atoms with Gasteiger partial charge in [-0.3, -0.25) is 0 Å². The molecule has 0 bridgehead atoms. The highest BCUT2D eigenvalue weighted by Gasteiger charge is 2.38. The smallest absolute Gasteiger partial charge is 0.407 e. The molecule has 0 saturated carbocycles. The molecule has 1 aliphatic heterocycles. The first-order valence-electron chi connectivity index (χ1n) is 14.1. The zero-order valence-electron chi connectivity index (χ0n) is 24.3. The van der Waals surface area contributed by atoms with Gasteiger partial charge in [-0.05, 0) is 33.9 Å². The average molecular weight is 601 g/mol. The van der Waals surface area contributed by atoms with E-state index in [9.17, 15) is 9.90 Å². The van der Waals surface area contributed by atoms with Crippen molar-refractivity contribution >= 4 is 17.9 Å². The molecule has 1 aliphatic rings. The number of hydrogen-bond donors (Lipinski definition) is 2. The van der Waals surface area contributed by atoms with Gasteiger partial charge in [-0.25, -0.2) is 4.79 Å². The summed E-state index contributed by atoms with van der Waals surface area (Å²) in [6, 6.07) is 24.1. The van der Waals surface area contributed by atoms with Crippen LogP contribution >= 0.6 is 11.8 Å². The predicted octanol–water partition coefficient (Wildman–Crippen LogP) is 5.97. The first kappa shape index (κ1) is 30.5. The van der Waals surface area contributed by atoms with Crippen molar-refractivity contribution in [2.24, 2.45) is 13.0 Å². The highest BCUT2D eigenvalue weighted by Crippen LogP contribution is 2.43. The number of aliphatic hydroxyl groups is 1. The van der Waals surface area contributed by atoms with Crippen LogP contribution in [0.15, 0.2) is 96.9 Å². The maximum Gasteiger partial charge on any atom is 0.407 e. The number of ether oxygens (including phenoxy) is 3. The molecule has 4 aromatic rings. The van der Waals surface area contributed by atoms with Crippen molar-refractivity contribution in [3.63, 3.8) is 0 Å². The van der Waals surface area contributed by atoms with E-state index in [4.69, 9.17) is 14.2 Å². The summed E-state index contributed by atoms with van der Waals surface area (Å²) in [5.74, 6) is 0.764. The van der Waals surface area contributed by atoms with Gasteiger partial charge in [0.15, 0.2) is 11.4 Å². The van der Waals surface area contributed by atoms with Gasteiger partial charge < -0.3 is 29.2 Å². The van der Waals surface area contributed by atoms with Gasteiger partial charge in [-0.1, -0.05) is 98.1 Å². The first-order valence-corrected chi connectivity index (χ1v) is 15.1. The lowest BCUT2D eigenvalue weighted by atomic mass is 9.91. The van der Waals surface area contributed by atoms with Crippen LogP contribution in [0.3, 0.4) is 0 Å². The van der Waals surface area contributed by atoms with E-state index in [1.807, 2.05) is 72.3 Å². The van der Waals surface area contributed by atoms with Crippen LogP contribution in [-0.4, -0.2) is 44.4 Å². The van der Waals surface area contributed by atoms with E-state index in [2.05, 4.69) is 41.1 Å². The van der Waals surface area contributed by atoms with Gasteiger partial charge in [0.05, 0.1) is 18.8 Å². The molecule has 10 heteroatoms. The quantitative estimate of drug-likeness (QED) is 0.160. The summed E-state index contributed by atoms with van der Waals surface area (Å²) in [5.41, 5.74) is 5.85. The van der Waals surface area contributed by atoms with E-state index >= 15 is 0 Å². The Morgan fingerprint density at radius 1 is 1.07 bits per heavy atom. The largest absolute Gasteiger partial charge is 0.445 e. The Morgan fingerprint density at radius 3 is 2.53 bits per heavy atom. The molecule has 1 amide bonds. The topological polar surface area (TPSA) is 108 Å². The third-order valence-electron chi connectivity index (χ3n) is 7.38. The third kappa shape index (κ3) is 7.71. The molecule has 4 atom stereocenters. The van der Waals surface area contributed by atoms with Crippen LogP contribution in [-0.2, 0) is 34.4 Å². The van der Waals surface area contributed by atoms with E-state index in [1.54, 1.807) is 18.1 Å². The summed E-state index contributed by atoms with van der Waals surface area (Å²) in [7, 11) is 1.93. The van der Waals surface area contributed by atoms with Gasteiger partial charge >= 0.3 is 6.09 Å². The Morgan fingerprint density at radius 2 is 1.84 bits per heavy atom. The van der Waals surface area contributed by atoms with Gasteiger partial charge in [0, 0.05) is 30.8 Å². The minimum Gasteiger partial charge on any atom is -0.445 e. The number of nitrogens with one attached hydrogen (secondary N) is 1. The van der Waals surface area contributed by atoms with Gasteiger partial charge in [0.1, 0.15) is 12.9 Å². The number of thioether (sulfide) groups is 1. The number of alkyl carbamates (subject to hydrolysis) is 1. The van der Waals surface area contributed by atoms with Crippen molar-refractivity contribution in [3.8, 4) is 11.1 Å². The fourth-order valence-electron chi connectivity index (χ4n) is 4.92. The Hall–Kier alpha value is -3.96. The zero-order chi connectivity index (χ0) is 30.2. The molecule has 0 unspecified atom stereocenters. The molecule has 1 saturated heterocycles. The molecule has 224 valence electrons. The maximum atomic E-state index is 11.8. The lowest BCUT2D eigenvalue weighted by Gasteiger charge is -2.41. The zero-order valence-corrected chi connectivity index (χ0v) is 25.1. The van der Waals surface area contributed by atoms with Crippen molar-refractivity contribution in [2.45, 2.75) is 43.7 Å². The van der Waals surface area contributed by atoms with Crippen molar-refractivity contribution in [2.75, 3.05) is 12.4 Å². The van der Waals surface area contributed by atoms with E-state index in [0.717, 1.165) is 38.5 Å². The molecule has 5 rings (SSSR count). The van der Waals surface area contributed by atoms with Crippen LogP contribution in [0.5, 0.6) is 0 Å². The number of carbonyl (C=O) groups is 1. The van der Waals surface area contributed by atoms with Crippen LogP contribution in [0.4, 0.5) is 4.79 Å². The number of amides is 1. The molecule has 0 spiro atoms. The van der Waals surface area contributed by atoms with Crippen molar-refractivity contribution in [1.82, 2.24) is 20.1 Å². The van der Waals surface area contributed by atoms with Gasteiger partial charge in [-0.15, -0.1) is 10.2 Å². The standard InChI is InChI=1S/C33H36N4O5S/c1-4-16-40-33(39)34-18-24-6-5-7-28(17-24)25-12-14-27(15-13-25)31-41-29(20-43-32-36-35-21-37(32)3)22(2)30(42-31)26-10-8-23(19-38)9-11-26/h4-15,17,21-22,29-31,38H,1,16,18-20H2,2-3H3,(H,34,39)/t22-,29+,30+,31+/m1/s1. The molecular formula is C33H36N4O5S. The predicted molar refractivity (Wildman–Crippen MR) is 165 cm³/mol. The maximum absolute atomic E-state index is 11.8. The van der Waals surface area contributed by atoms with E-state index < -0.39 is 12.4 Å². The number of carbonyl (C=O) groups excluding carboxylic acids is 1. The lowest BCUT2D eigenvalue weighted by Crippen LogP contribution is -2.38. The van der Waals surface area contributed by atoms with Gasteiger partial charge in [-0.2, -0.15) is 0 Å². The summed E-state index contributed by atoms with van der Waals surface area (Å²) in [5, 5.41) is 21.3. The molecule has 43 heavy (non-hydrogen) atoms. The molecule has 0 radical (unpaired) electrons. The normalized spacial score (nSPS) is 20.0. The summed E-state index contributed by atoms with van der Waals surface area (Å²) >= 11 is 1.61. The Kier molecular flexibility index (Phi) is 10.3. The van der Waals surface area contributed by atoms with Crippen LogP contribution in [0, 0.1) is 5.92 Å². The lowest BCUT2D eigenvalue weighted by molar-refractivity contribution is -0.268. The number of benzene rings is 3. The fourth-order valence-corrected chi connectivity index (χ4v) is 5.97. The summed E-state index contributed by atoms with van der Waals surface area (Å²) in [6.07, 6.45) is 1.88. The first-order chi connectivity index (χ1) is 20.9. The second-order valence-electron chi connectivity index (χ2n) is 10.4. The number of hydrogen-bond acceptors (Lipinski definition) is 8. The molecule has 2 N–H and O–H groups in total. The number of aromatic nitrogens is 3. The van der Waals surface area contributed by atoms with E-state index in [1.165, 1.54) is 6.08 Å². The fraction of sp³-hybridized carbons (Fsp3) is 0.303. The molecule has 1 fully saturated rings. The van der Waals surface area contributed by atoms with E-state index in [0.29, 0.717) is 12.3 Å². The molecule has 2 heterocycles. The minimum absolute atomic E-state index is 0.00188. The third-order valence-corrected chi connectivity index (χ3v) is 8.51. The Labute approximate surface area is 255 Å². The average Bonchev–Trinajstić information content (AvgIpc) is 3.46. The Bertz CT molecular complexity index is 1510. The van der Waals surface area contributed by atoms with Gasteiger partial charge in [0.2, 0.25) is 0 Å². The number of rotatable bonds is 11. The van der Waals surface area contributed by atoms with Crippen LogP contribution in [0.25, 0.3) is 11.1 Å². The SMILES string of the molecule is C=CCOC(=O)NCc1cccc(-c2ccc([C@H]3O[C@@H](CSc4nncn4C)[C@@H](C)[C@@H](c4ccc(CO)cc4)O3)cc2)c1. The van der Waals surface area contributed by atoms with Crippen molar-refractivity contribution < 1.29 is 24.1 Å². The van der Waals surface area contributed by atoms with Crippen LogP contribution in [0.2, 0.25) is 0 Å². The second-order valence-corrected chi connectivity index (χ2v) is 11.4. The number of nitrogens with zero attached hydrogens (tertiary/aromatic N) is 3. The molecule has 0 aliphatic carbocycles. The van der Waals surface area contributed by atoms with Crippen molar-refractivity contribution in [1.29, 1.82) is 0 Å². The van der Waals surface area contributed by atoms with Crippen LogP contribution < -0.4 is 5.32 Å². The summed E-state index contributed by atoms with van der Waals surface area (Å²) in [4.78, 5) is 11.8. The van der Waals surface area contributed by atoms with Gasteiger partial charge in [0.25, 0.3) is 0 Å². The second kappa shape index (κ2) is 14.5.